The lowest BCUT2D eigenvalue weighted by Gasteiger charge is -2.28. The van der Waals surface area contributed by atoms with Gasteiger partial charge in [-0.1, -0.05) is 18.7 Å². The van der Waals surface area contributed by atoms with Crippen LogP contribution in [0.5, 0.6) is 23.0 Å². The van der Waals surface area contributed by atoms with Crippen LogP contribution in [0, 0.1) is 3.57 Å². The van der Waals surface area contributed by atoms with Crippen LogP contribution >= 0.6 is 22.6 Å². The van der Waals surface area contributed by atoms with Gasteiger partial charge in [0, 0.05) is 5.70 Å². The van der Waals surface area contributed by atoms with Gasteiger partial charge in [0.25, 0.3) is 0 Å². The number of hydrogen-bond donors (Lipinski definition) is 4. The second-order valence-electron chi connectivity index (χ2n) is 8.78. The van der Waals surface area contributed by atoms with Gasteiger partial charge in [-0.2, -0.15) is 5.10 Å². The molecule has 13 heteroatoms. The molecule has 4 N–H and O–H groups in total. The van der Waals surface area contributed by atoms with Crippen molar-refractivity contribution < 1.29 is 38.4 Å². The highest BCUT2D eigenvalue weighted by Crippen LogP contribution is 2.35. The minimum atomic E-state index is -1.14. The van der Waals surface area contributed by atoms with Gasteiger partial charge in [0.2, 0.25) is 0 Å². The molecule has 226 valence electrons. The van der Waals surface area contributed by atoms with Crippen LogP contribution in [0.2, 0.25) is 0 Å². The van der Waals surface area contributed by atoms with Gasteiger partial charge >= 0.3 is 12.0 Å². The number of nitrogens with zero attached hydrogens (tertiary/aromatic N) is 1. The average Bonchev–Trinajstić information content (AvgIpc) is 2.95. The molecule has 0 saturated carbocycles. The Hall–Kier alpha value is -3.98. The highest BCUT2D eigenvalue weighted by atomic mass is 127. The van der Waals surface area contributed by atoms with E-state index in [9.17, 15) is 14.7 Å². The Labute approximate surface area is 258 Å². The quantitative estimate of drug-likeness (QED) is 0.0546. The zero-order valence-corrected chi connectivity index (χ0v) is 26.0. The van der Waals surface area contributed by atoms with Crippen molar-refractivity contribution in [3.8, 4) is 23.0 Å². The number of carbonyl (C=O) groups excluding carboxylic acids is 2. The number of rotatable bonds is 15. The molecule has 0 aliphatic carbocycles. The molecule has 0 radical (unpaired) electrons. The number of esters is 1. The van der Waals surface area contributed by atoms with E-state index in [1.54, 1.807) is 43.5 Å². The van der Waals surface area contributed by atoms with Crippen LogP contribution < -0.4 is 35.0 Å². The summed E-state index contributed by atoms with van der Waals surface area (Å²) in [6.45, 7) is 10.0. The fourth-order valence-corrected chi connectivity index (χ4v) is 4.81. The van der Waals surface area contributed by atoms with E-state index in [1.807, 2.05) is 19.9 Å². The number of benzene rings is 2. The van der Waals surface area contributed by atoms with Gasteiger partial charge in [-0.15, -0.1) is 0 Å². The number of amides is 2. The molecule has 1 aliphatic heterocycles. The number of allylic oxidation sites excluding steroid dienone is 1. The first-order valence-corrected chi connectivity index (χ1v) is 14.2. The molecule has 0 aromatic heterocycles. The number of halogens is 1. The van der Waals surface area contributed by atoms with Crippen LogP contribution in [-0.4, -0.2) is 63.1 Å². The molecule has 0 spiro atoms. The van der Waals surface area contributed by atoms with E-state index in [2.05, 4.69) is 50.3 Å². The Morgan fingerprint density at radius 1 is 1.14 bits per heavy atom. The summed E-state index contributed by atoms with van der Waals surface area (Å²) in [6, 6.07) is 7.47. The van der Waals surface area contributed by atoms with Crippen molar-refractivity contribution in [2.45, 2.75) is 33.0 Å². The Bertz CT molecular complexity index is 1350. The van der Waals surface area contributed by atoms with E-state index >= 15 is 0 Å². The van der Waals surface area contributed by atoms with Gasteiger partial charge in [-0.25, -0.2) is 9.59 Å². The molecule has 2 amide bonds. The van der Waals surface area contributed by atoms with Crippen molar-refractivity contribution in [2.24, 2.45) is 5.10 Å². The second-order valence-corrected chi connectivity index (χ2v) is 9.94. The predicted molar refractivity (Wildman–Crippen MR) is 165 cm³/mol. The summed E-state index contributed by atoms with van der Waals surface area (Å²) in [5, 5.41) is 19.9. The van der Waals surface area contributed by atoms with E-state index in [-0.39, 0.29) is 12.2 Å². The van der Waals surface area contributed by atoms with E-state index in [0.717, 1.165) is 9.13 Å². The smallest absolute Gasteiger partial charge is 0.337 e. The molecule has 3 rings (SSSR count). The molecule has 12 nitrogen and oxygen atoms in total. The molecule has 2 aromatic rings. The highest BCUT2D eigenvalue weighted by Gasteiger charge is 2.32. The van der Waals surface area contributed by atoms with Crippen LogP contribution in [0.15, 0.2) is 59.4 Å². The van der Waals surface area contributed by atoms with Crippen molar-refractivity contribution in [3.05, 3.63) is 69.0 Å². The minimum absolute atomic E-state index is 0.149. The summed E-state index contributed by atoms with van der Waals surface area (Å²) in [7, 11) is 1.27. The summed E-state index contributed by atoms with van der Waals surface area (Å²) < 4.78 is 28.7. The van der Waals surface area contributed by atoms with Crippen molar-refractivity contribution in [1.29, 1.82) is 0 Å². The first kappa shape index (κ1) is 32.5. The monoisotopic (exact) mass is 694 g/mol. The standard InChI is InChI=1S/C29H35IN4O8/c1-6-11-41-27-20(30)12-18(13-23(27)40-8-3)15-31-34-24(35)16-42-21-10-9-19(14-22(21)39-7-2)26-25(28(36)38-5)17(4)32-29(37)33-26/h6,9-10,12-15,24,26,34-35H,1,7-8,11,16H2,2-5H3,(H2,32,33,37)/b31-15+/t24-,26-/m0/s1. The zero-order chi connectivity index (χ0) is 30.6. The van der Waals surface area contributed by atoms with Crippen molar-refractivity contribution in [1.82, 2.24) is 16.1 Å². The van der Waals surface area contributed by atoms with Crippen LogP contribution in [0.3, 0.4) is 0 Å². The number of ether oxygens (including phenoxy) is 5. The summed E-state index contributed by atoms with van der Waals surface area (Å²) in [5.41, 5.74) is 4.62. The molecule has 0 unspecified atom stereocenters. The molecular formula is C29H35IN4O8. The topological polar surface area (TPSA) is 149 Å². The third kappa shape index (κ3) is 8.52. The fourth-order valence-electron chi connectivity index (χ4n) is 4.03. The second kappa shape index (κ2) is 15.9. The van der Waals surface area contributed by atoms with E-state index in [1.165, 1.54) is 7.11 Å². The largest absolute Gasteiger partial charge is 0.490 e. The number of aliphatic hydroxyl groups excluding tert-OH is 1. The Morgan fingerprint density at radius 3 is 2.57 bits per heavy atom. The third-order valence-corrected chi connectivity index (χ3v) is 6.59. The Balaban J connectivity index is 1.69. The van der Waals surface area contributed by atoms with Crippen molar-refractivity contribution in [2.75, 3.05) is 33.5 Å². The maximum absolute atomic E-state index is 12.4. The van der Waals surface area contributed by atoms with Gasteiger partial charge in [-0.05, 0) is 78.8 Å². The predicted octanol–water partition coefficient (Wildman–Crippen LogP) is 3.78. The van der Waals surface area contributed by atoms with Crippen LogP contribution in [0.25, 0.3) is 0 Å². The van der Waals surface area contributed by atoms with E-state index < -0.39 is 24.3 Å². The first-order valence-electron chi connectivity index (χ1n) is 13.1. The van der Waals surface area contributed by atoms with Gasteiger partial charge in [0.1, 0.15) is 13.2 Å². The lowest BCUT2D eigenvalue weighted by atomic mass is 9.95. The molecule has 0 fully saturated rings. The van der Waals surface area contributed by atoms with Crippen LogP contribution in [0.1, 0.15) is 37.9 Å². The van der Waals surface area contributed by atoms with E-state index in [4.69, 9.17) is 23.7 Å². The molecule has 1 aliphatic rings. The zero-order valence-electron chi connectivity index (χ0n) is 23.9. The van der Waals surface area contributed by atoms with Crippen LogP contribution in [0.4, 0.5) is 4.79 Å². The summed E-state index contributed by atoms with van der Waals surface area (Å²) in [6.07, 6.45) is 2.07. The Kier molecular flexibility index (Phi) is 12.3. The average molecular weight is 695 g/mol. The first-order chi connectivity index (χ1) is 20.2. The van der Waals surface area contributed by atoms with Gasteiger partial charge in [0.15, 0.2) is 29.2 Å². The van der Waals surface area contributed by atoms with Crippen LogP contribution in [-0.2, 0) is 9.53 Å². The number of nitrogens with one attached hydrogen (secondary N) is 3. The molecule has 1 heterocycles. The van der Waals surface area contributed by atoms with E-state index in [0.29, 0.717) is 54.1 Å². The molecule has 2 atom stereocenters. The number of methoxy groups -OCH3 is 1. The highest BCUT2D eigenvalue weighted by molar-refractivity contribution is 14.1. The van der Waals surface area contributed by atoms with Gasteiger partial charge < -0.3 is 39.4 Å². The van der Waals surface area contributed by atoms with Gasteiger partial charge in [0.05, 0.1) is 41.7 Å². The molecule has 2 aromatic carbocycles. The number of hydrazone groups is 1. The summed E-state index contributed by atoms with van der Waals surface area (Å²) >= 11 is 2.16. The molecule has 0 bridgehead atoms. The van der Waals surface area contributed by atoms with Crippen molar-refractivity contribution in [3.63, 3.8) is 0 Å². The number of carbonyl (C=O) groups is 2. The lowest BCUT2D eigenvalue weighted by Crippen LogP contribution is -2.45. The Morgan fingerprint density at radius 2 is 1.88 bits per heavy atom. The number of aliphatic hydroxyl groups is 1. The molecular weight excluding hydrogens is 659 g/mol. The maximum Gasteiger partial charge on any atom is 0.337 e. The van der Waals surface area contributed by atoms with Gasteiger partial charge in [-0.3, -0.25) is 5.43 Å². The molecule has 42 heavy (non-hydrogen) atoms. The SMILES string of the molecule is C=CCOc1c(I)cc(/C=N/N[C@@H](O)COc2ccc([C@@H]3NC(=O)NC(C)=C3C(=O)OC)cc2OCC)cc1OCC. The number of hydrogen-bond acceptors (Lipinski definition) is 10. The summed E-state index contributed by atoms with van der Waals surface area (Å²) in [5.74, 6) is 1.37. The minimum Gasteiger partial charge on any atom is -0.490 e. The van der Waals surface area contributed by atoms with Crippen molar-refractivity contribution >= 4 is 40.8 Å². The normalized spacial score (nSPS) is 15.4. The maximum atomic E-state index is 12.4. The third-order valence-electron chi connectivity index (χ3n) is 5.79. The lowest BCUT2D eigenvalue weighted by molar-refractivity contribution is -0.136. The fraction of sp³-hybridized carbons (Fsp3) is 0.345. The molecule has 0 saturated heterocycles. The summed E-state index contributed by atoms with van der Waals surface area (Å²) in [4.78, 5) is 24.6. The number of urea groups is 1.